The van der Waals surface area contributed by atoms with E-state index in [-0.39, 0.29) is 18.4 Å². The molecule has 5 nitrogen and oxygen atoms in total. The Hall–Kier alpha value is -2.86. The zero-order valence-corrected chi connectivity index (χ0v) is 21.5. The van der Waals surface area contributed by atoms with Crippen molar-refractivity contribution in [1.82, 2.24) is 10.2 Å². The normalized spacial score (nSPS) is 11.7. The molecule has 34 heavy (non-hydrogen) atoms. The number of carbonyl (C=O) groups is 2. The van der Waals surface area contributed by atoms with Gasteiger partial charge in [0.1, 0.15) is 11.8 Å². The molecule has 180 valence electrons. The Labute approximate surface area is 210 Å². The van der Waals surface area contributed by atoms with Crippen molar-refractivity contribution in [1.29, 1.82) is 0 Å². The summed E-state index contributed by atoms with van der Waals surface area (Å²) in [5.74, 6) is 0.299. The summed E-state index contributed by atoms with van der Waals surface area (Å²) >= 11 is 3.62. The number of rotatable bonds is 12. The summed E-state index contributed by atoms with van der Waals surface area (Å²) in [6.07, 6.45) is 3.13. The highest BCUT2D eigenvalue weighted by Crippen LogP contribution is 2.33. The lowest BCUT2D eigenvalue weighted by molar-refractivity contribution is -0.142. The van der Waals surface area contributed by atoms with Gasteiger partial charge in [-0.05, 0) is 57.6 Å². The maximum absolute atomic E-state index is 13.4. The summed E-state index contributed by atoms with van der Waals surface area (Å²) in [4.78, 5) is 28.0. The van der Waals surface area contributed by atoms with Crippen LogP contribution in [0.2, 0.25) is 0 Å². The zero-order valence-electron chi connectivity index (χ0n) is 19.9. The van der Waals surface area contributed by atoms with E-state index >= 15 is 0 Å². The van der Waals surface area contributed by atoms with Gasteiger partial charge in [-0.25, -0.2) is 0 Å². The number of nitrogens with zero attached hydrogens (tertiary/aromatic N) is 1. The number of ether oxygens (including phenoxy) is 1. The van der Waals surface area contributed by atoms with Gasteiger partial charge in [0.05, 0.1) is 4.47 Å². The molecule has 1 atom stereocenters. The molecule has 6 heteroatoms. The zero-order chi connectivity index (χ0) is 24.3. The van der Waals surface area contributed by atoms with Crippen molar-refractivity contribution in [2.45, 2.75) is 45.6 Å². The molecule has 3 aromatic rings. The number of benzene rings is 3. The quantitative estimate of drug-likeness (QED) is 0.307. The van der Waals surface area contributed by atoms with Crippen LogP contribution in [0.25, 0.3) is 10.8 Å². The number of hydrogen-bond acceptors (Lipinski definition) is 3. The van der Waals surface area contributed by atoms with Gasteiger partial charge in [-0.15, -0.1) is 0 Å². The first-order valence-electron chi connectivity index (χ1n) is 12.0. The van der Waals surface area contributed by atoms with E-state index in [2.05, 4.69) is 28.2 Å². The molecule has 0 aliphatic rings. The molecule has 0 bridgehead atoms. The lowest BCUT2D eigenvalue weighted by Crippen LogP contribution is -2.51. The molecule has 3 rings (SSSR count). The third kappa shape index (κ3) is 6.83. The Morgan fingerprint density at radius 2 is 1.74 bits per heavy atom. The number of fused-ring (bicyclic) bond motifs is 1. The average molecular weight is 525 g/mol. The molecule has 0 unspecified atom stereocenters. The van der Waals surface area contributed by atoms with E-state index in [1.54, 1.807) is 4.90 Å². The molecule has 0 saturated carbocycles. The van der Waals surface area contributed by atoms with Gasteiger partial charge >= 0.3 is 0 Å². The van der Waals surface area contributed by atoms with Crippen LogP contribution in [-0.4, -0.2) is 42.5 Å². The molecule has 0 aromatic heterocycles. The predicted molar refractivity (Wildman–Crippen MR) is 141 cm³/mol. The van der Waals surface area contributed by atoms with Gasteiger partial charge in [-0.3, -0.25) is 9.59 Å². The van der Waals surface area contributed by atoms with Crippen LogP contribution in [-0.2, 0) is 16.0 Å². The van der Waals surface area contributed by atoms with E-state index in [4.69, 9.17) is 4.74 Å². The fourth-order valence-electron chi connectivity index (χ4n) is 3.95. The third-order valence-electron chi connectivity index (χ3n) is 5.88. The Bertz CT molecular complexity index is 1090. The second-order valence-electron chi connectivity index (χ2n) is 8.28. The van der Waals surface area contributed by atoms with Gasteiger partial charge in [-0.2, -0.15) is 0 Å². The topological polar surface area (TPSA) is 58.6 Å². The molecule has 0 radical (unpaired) electrons. The first-order valence-corrected chi connectivity index (χ1v) is 12.8. The molecule has 0 fully saturated rings. The molecule has 0 aliphatic carbocycles. The van der Waals surface area contributed by atoms with Crippen molar-refractivity contribution < 1.29 is 14.3 Å². The van der Waals surface area contributed by atoms with Crippen LogP contribution in [0.15, 0.2) is 71.2 Å². The van der Waals surface area contributed by atoms with Crippen LogP contribution in [0, 0.1) is 0 Å². The number of carbonyl (C=O) groups excluding carboxylic acids is 2. The van der Waals surface area contributed by atoms with Crippen LogP contribution in [0.4, 0.5) is 0 Å². The van der Waals surface area contributed by atoms with Crippen LogP contribution < -0.4 is 10.1 Å². The largest absolute Gasteiger partial charge is 0.483 e. The summed E-state index contributed by atoms with van der Waals surface area (Å²) in [6, 6.07) is 21.3. The molecule has 2 amide bonds. The van der Waals surface area contributed by atoms with Gasteiger partial charge in [0.2, 0.25) is 5.91 Å². The van der Waals surface area contributed by atoms with Crippen molar-refractivity contribution >= 4 is 38.5 Å². The SMILES string of the molecule is CCCCNC(=O)[C@H](CC)N(CCc1ccccc1)C(=O)COc1ccc2ccccc2c1Br. The Kier molecular flexibility index (Phi) is 9.95. The van der Waals surface area contributed by atoms with Crippen molar-refractivity contribution in [3.8, 4) is 5.75 Å². The van der Waals surface area contributed by atoms with E-state index in [1.165, 1.54) is 0 Å². The van der Waals surface area contributed by atoms with Crippen molar-refractivity contribution in [3.63, 3.8) is 0 Å². The number of amides is 2. The molecular formula is C28H33BrN2O3. The van der Waals surface area contributed by atoms with Crippen LogP contribution in [0.3, 0.4) is 0 Å². The lowest BCUT2D eigenvalue weighted by Gasteiger charge is -2.30. The standard InChI is InChI=1S/C28H33BrN2O3/c1-3-5-18-30-28(33)24(4-2)31(19-17-21-11-7-6-8-12-21)26(32)20-34-25-16-15-22-13-9-10-14-23(22)27(25)29/h6-16,24H,3-5,17-20H2,1-2H3,(H,30,33)/t24-/m0/s1. The van der Waals surface area contributed by atoms with Gasteiger partial charge < -0.3 is 15.0 Å². The Morgan fingerprint density at radius 1 is 1.00 bits per heavy atom. The summed E-state index contributed by atoms with van der Waals surface area (Å²) < 4.78 is 6.76. The highest BCUT2D eigenvalue weighted by atomic mass is 79.9. The predicted octanol–water partition coefficient (Wildman–Crippen LogP) is 5.75. The average Bonchev–Trinajstić information content (AvgIpc) is 2.86. The van der Waals surface area contributed by atoms with Gasteiger partial charge in [-0.1, -0.05) is 80.9 Å². The molecule has 0 aliphatic heterocycles. The fraction of sp³-hybridized carbons (Fsp3) is 0.357. The number of halogens is 1. The second kappa shape index (κ2) is 13.1. The van der Waals surface area contributed by atoms with Crippen LogP contribution >= 0.6 is 15.9 Å². The fourth-order valence-corrected chi connectivity index (χ4v) is 4.56. The molecule has 0 heterocycles. The van der Waals surface area contributed by atoms with Crippen molar-refractivity contribution in [3.05, 3.63) is 76.8 Å². The highest BCUT2D eigenvalue weighted by Gasteiger charge is 2.28. The summed E-state index contributed by atoms with van der Waals surface area (Å²) in [5, 5.41) is 5.10. The van der Waals surface area contributed by atoms with E-state index in [0.29, 0.717) is 31.7 Å². The summed E-state index contributed by atoms with van der Waals surface area (Å²) in [7, 11) is 0. The van der Waals surface area contributed by atoms with E-state index in [1.807, 2.05) is 73.7 Å². The molecule has 1 N–H and O–H groups in total. The Balaban J connectivity index is 1.74. The van der Waals surface area contributed by atoms with Crippen LogP contribution in [0.1, 0.15) is 38.7 Å². The van der Waals surface area contributed by atoms with E-state index in [9.17, 15) is 9.59 Å². The minimum Gasteiger partial charge on any atom is -0.483 e. The minimum atomic E-state index is -0.531. The number of nitrogens with one attached hydrogen (secondary N) is 1. The first kappa shape index (κ1) is 25.8. The molecule has 0 spiro atoms. The smallest absolute Gasteiger partial charge is 0.261 e. The first-order chi connectivity index (χ1) is 16.5. The highest BCUT2D eigenvalue weighted by molar-refractivity contribution is 9.10. The van der Waals surface area contributed by atoms with E-state index < -0.39 is 6.04 Å². The monoisotopic (exact) mass is 524 g/mol. The lowest BCUT2D eigenvalue weighted by atomic mass is 10.1. The third-order valence-corrected chi connectivity index (χ3v) is 6.70. The summed E-state index contributed by atoms with van der Waals surface area (Å²) in [6.45, 7) is 4.96. The van der Waals surface area contributed by atoms with Gasteiger partial charge in [0.25, 0.3) is 5.91 Å². The van der Waals surface area contributed by atoms with Gasteiger partial charge in [0, 0.05) is 13.1 Å². The maximum Gasteiger partial charge on any atom is 0.261 e. The van der Waals surface area contributed by atoms with Crippen molar-refractivity contribution in [2.24, 2.45) is 0 Å². The maximum atomic E-state index is 13.4. The summed E-state index contributed by atoms with van der Waals surface area (Å²) in [5.41, 5.74) is 1.12. The Morgan fingerprint density at radius 3 is 2.47 bits per heavy atom. The second-order valence-corrected chi connectivity index (χ2v) is 9.07. The van der Waals surface area contributed by atoms with E-state index in [0.717, 1.165) is 33.7 Å². The van der Waals surface area contributed by atoms with Crippen LogP contribution in [0.5, 0.6) is 5.75 Å². The molecule has 0 saturated heterocycles. The van der Waals surface area contributed by atoms with Crippen molar-refractivity contribution in [2.75, 3.05) is 19.7 Å². The molecule has 3 aromatic carbocycles. The van der Waals surface area contributed by atoms with Gasteiger partial charge in [0.15, 0.2) is 6.61 Å². The molecular weight excluding hydrogens is 492 g/mol. The number of unbranched alkanes of at least 4 members (excludes halogenated alkanes) is 1. The number of hydrogen-bond donors (Lipinski definition) is 1. The minimum absolute atomic E-state index is 0.107.